The van der Waals surface area contributed by atoms with E-state index in [1.165, 1.54) is 0 Å². The van der Waals surface area contributed by atoms with Gasteiger partial charge in [-0.3, -0.25) is 0 Å². The lowest BCUT2D eigenvalue weighted by molar-refractivity contribution is -0.790. The van der Waals surface area contributed by atoms with Crippen LogP contribution in [0.4, 0.5) is 5.82 Å². The number of halogens is 1. The minimum atomic E-state index is -0.0990. The first-order valence-electron chi connectivity index (χ1n) is 3.80. The van der Waals surface area contributed by atoms with Crippen molar-refractivity contribution in [3.05, 3.63) is 34.5 Å². The first-order chi connectivity index (χ1) is 6.70. The van der Waals surface area contributed by atoms with Crippen LogP contribution in [0.2, 0.25) is 5.02 Å². The molecule has 0 fully saturated rings. The summed E-state index contributed by atoms with van der Waals surface area (Å²) in [5.41, 5.74) is 6.27. The van der Waals surface area contributed by atoms with Crippen molar-refractivity contribution in [1.82, 2.24) is 5.16 Å². The van der Waals surface area contributed by atoms with Crippen molar-refractivity contribution >= 4 is 17.4 Å². The molecule has 2 rings (SSSR count). The lowest BCUT2D eigenvalue weighted by atomic mass is 10.1. The largest absolute Gasteiger partial charge is 0.391 e. The Morgan fingerprint density at radius 3 is 2.71 bits per heavy atom. The predicted octanol–water partition coefficient (Wildman–Crippen LogP) is 1.21. The van der Waals surface area contributed by atoms with E-state index in [1.54, 1.807) is 24.3 Å². The Morgan fingerprint density at radius 1 is 1.43 bits per heavy atom. The number of aromatic nitrogens is 2. The molecule has 14 heavy (non-hydrogen) atoms. The second-order valence-corrected chi connectivity index (χ2v) is 3.05. The summed E-state index contributed by atoms with van der Waals surface area (Å²) in [6.07, 6.45) is 0. The summed E-state index contributed by atoms with van der Waals surface area (Å²) in [5, 5.41) is 14.8. The van der Waals surface area contributed by atoms with Gasteiger partial charge in [0.15, 0.2) is 0 Å². The molecule has 0 radical (unpaired) electrons. The molecule has 1 aromatic carbocycles. The third-order valence-electron chi connectivity index (χ3n) is 1.77. The van der Waals surface area contributed by atoms with Gasteiger partial charge in [0.2, 0.25) is 5.69 Å². The predicted molar refractivity (Wildman–Crippen MR) is 50.3 cm³/mol. The Labute approximate surface area is 84.2 Å². The molecule has 0 aliphatic rings. The zero-order chi connectivity index (χ0) is 10.1. The summed E-state index contributed by atoms with van der Waals surface area (Å²) in [7, 11) is 0. The number of nitrogens with two attached hydrogens (primary N) is 1. The van der Waals surface area contributed by atoms with Crippen LogP contribution in [-0.4, -0.2) is 5.16 Å². The third kappa shape index (κ3) is 1.27. The molecule has 0 spiro atoms. The van der Waals surface area contributed by atoms with Crippen molar-refractivity contribution in [3.8, 4) is 11.3 Å². The smallest absolute Gasteiger partial charge is 0.300 e. The van der Waals surface area contributed by atoms with Gasteiger partial charge in [0.05, 0.1) is 5.02 Å². The van der Waals surface area contributed by atoms with Gasteiger partial charge in [0, 0.05) is 5.56 Å². The van der Waals surface area contributed by atoms with E-state index in [1.807, 2.05) is 0 Å². The Morgan fingerprint density at radius 2 is 2.14 bits per heavy atom. The van der Waals surface area contributed by atoms with E-state index in [2.05, 4.69) is 9.79 Å². The topological polar surface area (TPSA) is 79.0 Å². The molecule has 2 N–H and O–H groups in total. The number of benzene rings is 1. The standard InChI is InChI=1S/C8H6ClN3O2/c9-6-4-2-1-3-5(6)7-8(10)12(13)14-11-7/h1-4H,10H2. The molecule has 2 aromatic rings. The highest BCUT2D eigenvalue weighted by atomic mass is 35.5. The summed E-state index contributed by atoms with van der Waals surface area (Å²) < 4.78 is 4.33. The monoisotopic (exact) mass is 211 g/mol. The van der Waals surface area contributed by atoms with E-state index >= 15 is 0 Å². The van der Waals surface area contributed by atoms with Crippen LogP contribution in [0.3, 0.4) is 0 Å². The molecule has 0 saturated carbocycles. The Hall–Kier alpha value is -1.75. The fourth-order valence-corrected chi connectivity index (χ4v) is 1.32. The minimum absolute atomic E-state index is 0.0990. The van der Waals surface area contributed by atoms with Gasteiger partial charge in [0.25, 0.3) is 5.82 Å². The van der Waals surface area contributed by atoms with Crippen LogP contribution in [0.5, 0.6) is 0 Å². The molecular weight excluding hydrogens is 206 g/mol. The van der Waals surface area contributed by atoms with Crippen molar-refractivity contribution in [2.45, 2.75) is 0 Å². The molecule has 0 aliphatic carbocycles. The quantitative estimate of drug-likeness (QED) is 0.719. The fourth-order valence-electron chi connectivity index (χ4n) is 1.10. The van der Waals surface area contributed by atoms with Crippen LogP contribution in [0.25, 0.3) is 11.3 Å². The molecule has 0 aliphatic heterocycles. The van der Waals surface area contributed by atoms with E-state index in [0.717, 1.165) is 0 Å². The number of hydrogen-bond donors (Lipinski definition) is 1. The van der Waals surface area contributed by atoms with Crippen LogP contribution in [0.15, 0.2) is 28.9 Å². The molecular formula is C8H6ClN3O2. The fraction of sp³-hybridized carbons (Fsp3) is 0. The molecule has 0 amide bonds. The zero-order valence-electron chi connectivity index (χ0n) is 6.98. The summed E-state index contributed by atoms with van der Waals surface area (Å²) in [4.78, 5) is 0.138. The number of anilines is 1. The molecule has 6 heteroatoms. The first kappa shape index (κ1) is 8.83. The SMILES string of the molecule is Nc1c(-c2ccccc2Cl)no[n+]1[O-]. The molecule has 5 nitrogen and oxygen atoms in total. The number of hydrogen-bond acceptors (Lipinski definition) is 4. The number of rotatable bonds is 1. The van der Waals surface area contributed by atoms with E-state index < -0.39 is 0 Å². The Balaban J connectivity index is 2.60. The Kier molecular flexibility index (Phi) is 2.01. The van der Waals surface area contributed by atoms with Gasteiger partial charge >= 0.3 is 0 Å². The molecule has 0 saturated heterocycles. The van der Waals surface area contributed by atoms with E-state index in [-0.39, 0.29) is 16.4 Å². The normalized spacial score (nSPS) is 10.4. The zero-order valence-corrected chi connectivity index (χ0v) is 7.73. The maximum absolute atomic E-state index is 10.8. The average molecular weight is 212 g/mol. The van der Waals surface area contributed by atoms with Gasteiger partial charge in [-0.1, -0.05) is 28.6 Å². The van der Waals surface area contributed by atoms with E-state index in [4.69, 9.17) is 17.3 Å². The lowest BCUT2D eigenvalue weighted by Gasteiger charge is -1.96. The number of nitrogen functional groups attached to an aromatic ring is 1. The van der Waals surface area contributed by atoms with Gasteiger partial charge in [0.1, 0.15) is 0 Å². The van der Waals surface area contributed by atoms with Crippen molar-refractivity contribution in [2.75, 3.05) is 5.73 Å². The van der Waals surface area contributed by atoms with Gasteiger partial charge in [-0.25, -0.2) is 0 Å². The average Bonchev–Trinajstić information content (AvgIpc) is 2.49. The summed E-state index contributed by atoms with van der Waals surface area (Å²) in [6.45, 7) is 0. The maximum Gasteiger partial charge on any atom is 0.300 e. The molecule has 72 valence electrons. The maximum atomic E-state index is 10.8. The van der Waals surface area contributed by atoms with Crippen LogP contribution in [0, 0.1) is 5.21 Å². The lowest BCUT2D eigenvalue weighted by Crippen LogP contribution is -2.26. The van der Waals surface area contributed by atoms with Crippen LogP contribution >= 0.6 is 11.6 Å². The summed E-state index contributed by atoms with van der Waals surface area (Å²) in [5.74, 6) is -0.0990. The molecule has 0 atom stereocenters. The highest BCUT2D eigenvalue weighted by molar-refractivity contribution is 6.33. The summed E-state index contributed by atoms with van der Waals surface area (Å²) in [6, 6.07) is 6.93. The van der Waals surface area contributed by atoms with Crippen molar-refractivity contribution < 1.29 is 9.53 Å². The Bertz CT molecular complexity index is 469. The minimum Gasteiger partial charge on any atom is -0.391 e. The second-order valence-electron chi connectivity index (χ2n) is 2.64. The van der Waals surface area contributed by atoms with Gasteiger partial charge in [-0.2, -0.15) is 0 Å². The highest BCUT2D eigenvalue weighted by Crippen LogP contribution is 2.28. The highest BCUT2D eigenvalue weighted by Gasteiger charge is 2.17. The number of nitrogens with zero attached hydrogens (tertiary/aromatic N) is 2. The van der Waals surface area contributed by atoms with Gasteiger partial charge in [-0.15, -0.1) is 0 Å². The first-order valence-corrected chi connectivity index (χ1v) is 4.18. The summed E-state index contributed by atoms with van der Waals surface area (Å²) >= 11 is 5.89. The van der Waals surface area contributed by atoms with Crippen molar-refractivity contribution in [1.29, 1.82) is 0 Å². The van der Waals surface area contributed by atoms with E-state index in [0.29, 0.717) is 10.6 Å². The van der Waals surface area contributed by atoms with Gasteiger partial charge in [-0.05, 0) is 17.3 Å². The third-order valence-corrected chi connectivity index (χ3v) is 2.10. The van der Waals surface area contributed by atoms with E-state index in [9.17, 15) is 5.21 Å². The second kappa shape index (κ2) is 3.19. The van der Waals surface area contributed by atoms with Crippen molar-refractivity contribution in [2.24, 2.45) is 0 Å². The molecule has 1 aromatic heterocycles. The molecule has 1 heterocycles. The van der Waals surface area contributed by atoms with Crippen molar-refractivity contribution in [3.63, 3.8) is 0 Å². The van der Waals surface area contributed by atoms with Crippen LogP contribution in [-0.2, 0) is 0 Å². The molecule has 0 unspecified atom stereocenters. The van der Waals surface area contributed by atoms with Crippen LogP contribution < -0.4 is 10.6 Å². The van der Waals surface area contributed by atoms with Gasteiger partial charge < -0.3 is 15.6 Å². The molecule has 0 bridgehead atoms. The van der Waals surface area contributed by atoms with Crippen LogP contribution in [0.1, 0.15) is 0 Å².